The second-order valence-corrected chi connectivity index (χ2v) is 6.69. The highest BCUT2D eigenvalue weighted by atomic mass is 79.9. The van der Waals surface area contributed by atoms with Crippen molar-refractivity contribution in [2.75, 3.05) is 23.8 Å². The number of aromatic nitrogens is 1. The van der Waals surface area contributed by atoms with E-state index in [1.165, 1.54) is 0 Å². The Morgan fingerprint density at radius 2 is 1.92 bits per heavy atom. The number of anilines is 2. The number of hydrogen-bond acceptors (Lipinski definition) is 4. The van der Waals surface area contributed by atoms with E-state index in [9.17, 15) is 9.59 Å². The van der Waals surface area contributed by atoms with Crippen LogP contribution in [0.4, 0.5) is 11.5 Å². The molecule has 2 N–H and O–H groups in total. The Kier molecular flexibility index (Phi) is 5.78. The van der Waals surface area contributed by atoms with Gasteiger partial charge in [0.1, 0.15) is 5.82 Å². The van der Waals surface area contributed by atoms with Crippen LogP contribution >= 0.6 is 15.9 Å². The Labute approximate surface area is 154 Å². The van der Waals surface area contributed by atoms with Gasteiger partial charge in [-0.05, 0) is 59.1 Å². The van der Waals surface area contributed by atoms with Gasteiger partial charge in [0.25, 0.3) is 5.91 Å². The maximum absolute atomic E-state index is 12.3. The van der Waals surface area contributed by atoms with Gasteiger partial charge < -0.3 is 15.4 Å². The van der Waals surface area contributed by atoms with Crippen molar-refractivity contribution < 1.29 is 14.3 Å². The number of ether oxygens (including phenoxy) is 1. The van der Waals surface area contributed by atoms with Gasteiger partial charge in [-0.2, -0.15) is 0 Å². The lowest BCUT2D eigenvalue weighted by Crippen LogP contribution is -2.28. The summed E-state index contributed by atoms with van der Waals surface area (Å²) in [6.07, 6.45) is 3.06. The molecule has 1 aromatic heterocycles. The van der Waals surface area contributed by atoms with Crippen LogP contribution in [0, 0.1) is 5.92 Å². The summed E-state index contributed by atoms with van der Waals surface area (Å²) in [5.41, 5.74) is 1.06. The summed E-state index contributed by atoms with van der Waals surface area (Å²) >= 11 is 3.30. The van der Waals surface area contributed by atoms with Gasteiger partial charge in [-0.15, -0.1) is 0 Å². The Morgan fingerprint density at radius 3 is 2.64 bits per heavy atom. The fraction of sp³-hybridized carbons (Fsp3) is 0.278. The molecule has 1 aliphatic heterocycles. The number of hydrogen-bond donors (Lipinski definition) is 2. The van der Waals surface area contributed by atoms with Crippen molar-refractivity contribution in [3.05, 3.63) is 52.6 Å². The lowest BCUT2D eigenvalue weighted by Gasteiger charge is -2.21. The van der Waals surface area contributed by atoms with Crippen molar-refractivity contribution in [2.24, 2.45) is 5.92 Å². The molecule has 1 aliphatic rings. The largest absolute Gasteiger partial charge is 0.381 e. The van der Waals surface area contributed by atoms with Crippen molar-refractivity contribution in [2.45, 2.75) is 12.8 Å². The van der Waals surface area contributed by atoms with E-state index in [0.29, 0.717) is 30.3 Å². The zero-order valence-electron chi connectivity index (χ0n) is 13.5. The zero-order chi connectivity index (χ0) is 17.6. The summed E-state index contributed by atoms with van der Waals surface area (Å²) in [6, 6.07) is 10.4. The molecule has 2 amide bonds. The molecule has 0 atom stereocenters. The molecule has 6 nitrogen and oxygen atoms in total. The molecule has 0 radical (unpaired) electrons. The second kappa shape index (κ2) is 8.22. The Balaban J connectivity index is 1.64. The first-order valence-electron chi connectivity index (χ1n) is 8.03. The van der Waals surface area contributed by atoms with Gasteiger partial charge in [-0.1, -0.05) is 6.07 Å². The van der Waals surface area contributed by atoms with Gasteiger partial charge in [0.05, 0.1) is 0 Å². The van der Waals surface area contributed by atoms with Gasteiger partial charge in [0, 0.05) is 41.1 Å². The molecule has 1 aromatic carbocycles. The molecule has 0 aliphatic carbocycles. The summed E-state index contributed by atoms with van der Waals surface area (Å²) in [4.78, 5) is 28.8. The first-order chi connectivity index (χ1) is 12.1. The quantitative estimate of drug-likeness (QED) is 0.818. The molecule has 1 saturated heterocycles. The molecule has 25 heavy (non-hydrogen) atoms. The normalized spacial score (nSPS) is 14.8. The van der Waals surface area contributed by atoms with E-state index in [4.69, 9.17) is 4.74 Å². The van der Waals surface area contributed by atoms with E-state index < -0.39 is 0 Å². The standard InChI is InChI=1S/C18H18BrN3O3/c19-14-4-5-16(20-11-14)22-18(24)13-2-1-3-15(10-13)21-17(23)12-6-8-25-9-7-12/h1-5,10-12H,6-9H2,(H,21,23)(H,20,22,24). The molecule has 130 valence electrons. The summed E-state index contributed by atoms with van der Waals surface area (Å²) in [5, 5.41) is 5.61. The smallest absolute Gasteiger partial charge is 0.256 e. The van der Waals surface area contributed by atoms with Gasteiger partial charge in [-0.25, -0.2) is 4.98 Å². The van der Waals surface area contributed by atoms with Crippen LogP contribution in [0.15, 0.2) is 47.1 Å². The molecule has 0 bridgehead atoms. The van der Waals surface area contributed by atoms with Gasteiger partial charge in [0.2, 0.25) is 5.91 Å². The van der Waals surface area contributed by atoms with E-state index in [1.807, 2.05) is 0 Å². The molecule has 0 spiro atoms. The second-order valence-electron chi connectivity index (χ2n) is 5.77. The van der Waals surface area contributed by atoms with Gasteiger partial charge in [0.15, 0.2) is 0 Å². The summed E-state index contributed by atoms with van der Waals surface area (Å²) in [7, 11) is 0. The lowest BCUT2D eigenvalue weighted by molar-refractivity contribution is -0.122. The van der Waals surface area contributed by atoms with Crippen LogP contribution in [-0.4, -0.2) is 30.0 Å². The number of benzene rings is 1. The average molecular weight is 404 g/mol. The van der Waals surface area contributed by atoms with E-state index in [1.54, 1.807) is 42.6 Å². The van der Waals surface area contributed by atoms with Crippen molar-refractivity contribution in [1.29, 1.82) is 0 Å². The van der Waals surface area contributed by atoms with E-state index in [-0.39, 0.29) is 17.7 Å². The van der Waals surface area contributed by atoms with Crippen molar-refractivity contribution in [3.8, 4) is 0 Å². The predicted octanol–water partition coefficient (Wildman–Crippen LogP) is 3.46. The van der Waals surface area contributed by atoms with Crippen LogP contribution in [0.25, 0.3) is 0 Å². The summed E-state index contributed by atoms with van der Waals surface area (Å²) in [5.74, 6) is 0.107. The first-order valence-corrected chi connectivity index (χ1v) is 8.83. The molecule has 2 heterocycles. The molecule has 2 aromatic rings. The third-order valence-electron chi connectivity index (χ3n) is 3.95. The zero-order valence-corrected chi connectivity index (χ0v) is 15.1. The summed E-state index contributed by atoms with van der Waals surface area (Å²) in [6.45, 7) is 1.22. The Hall–Kier alpha value is -2.25. The molecule has 3 rings (SSSR count). The number of amides is 2. The third kappa shape index (κ3) is 4.87. The average Bonchev–Trinajstić information content (AvgIpc) is 2.64. The molecular weight excluding hydrogens is 386 g/mol. The van der Waals surface area contributed by atoms with Crippen LogP contribution < -0.4 is 10.6 Å². The minimum absolute atomic E-state index is 0.0320. The predicted molar refractivity (Wildman–Crippen MR) is 98.5 cm³/mol. The van der Waals surface area contributed by atoms with Crippen molar-refractivity contribution in [1.82, 2.24) is 4.98 Å². The fourth-order valence-electron chi connectivity index (χ4n) is 2.58. The van der Waals surface area contributed by atoms with Crippen LogP contribution in [-0.2, 0) is 9.53 Å². The van der Waals surface area contributed by atoms with Gasteiger partial charge in [-0.3, -0.25) is 9.59 Å². The maximum atomic E-state index is 12.3. The number of carbonyl (C=O) groups is 2. The van der Waals surface area contributed by atoms with Crippen LogP contribution in [0.3, 0.4) is 0 Å². The SMILES string of the molecule is O=C(Nc1ccc(Br)cn1)c1cccc(NC(=O)C2CCOCC2)c1. The van der Waals surface area contributed by atoms with Gasteiger partial charge >= 0.3 is 0 Å². The number of nitrogens with zero attached hydrogens (tertiary/aromatic N) is 1. The van der Waals surface area contributed by atoms with Crippen molar-refractivity contribution in [3.63, 3.8) is 0 Å². The Bertz CT molecular complexity index is 758. The minimum atomic E-state index is -0.281. The Morgan fingerprint density at radius 1 is 1.12 bits per heavy atom. The highest BCUT2D eigenvalue weighted by Crippen LogP contribution is 2.19. The molecule has 7 heteroatoms. The number of nitrogens with one attached hydrogen (secondary N) is 2. The molecule has 0 unspecified atom stereocenters. The highest BCUT2D eigenvalue weighted by molar-refractivity contribution is 9.10. The molecular formula is C18H18BrN3O3. The van der Waals surface area contributed by atoms with Crippen LogP contribution in [0.5, 0.6) is 0 Å². The highest BCUT2D eigenvalue weighted by Gasteiger charge is 2.21. The minimum Gasteiger partial charge on any atom is -0.381 e. The van der Waals surface area contributed by atoms with E-state index >= 15 is 0 Å². The number of halogens is 1. The van der Waals surface area contributed by atoms with Crippen molar-refractivity contribution >= 4 is 39.2 Å². The van der Waals surface area contributed by atoms with E-state index in [2.05, 4.69) is 31.5 Å². The van der Waals surface area contributed by atoms with Crippen LogP contribution in [0.2, 0.25) is 0 Å². The lowest BCUT2D eigenvalue weighted by atomic mass is 9.99. The number of rotatable bonds is 4. The fourth-order valence-corrected chi connectivity index (χ4v) is 2.82. The van der Waals surface area contributed by atoms with E-state index in [0.717, 1.165) is 17.3 Å². The third-order valence-corrected chi connectivity index (χ3v) is 4.42. The molecule has 1 fully saturated rings. The monoisotopic (exact) mass is 403 g/mol. The maximum Gasteiger partial charge on any atom is 0.256 e. The number of pyridine rings is 1. The molecule has 0 saturated carbocycles. The van der Waals surface area contributed by atoms with Crippen LogP contribution in [0.1, 0.15) is 23.2 Å². The first kappa shape index (κ1) is 17.6. The summed E-state index contributed by atoms with van der Waals surface area (Å²) < 4.78 is 6.11. The number of carbonyl (C=O) groups excluding carboxylic acids is 2. The topological polar surface area (TPSA) is 80.3 Å².